The van der Waals surface area contributed by atoms with Crippen molar-refractivity contribution in [3.8, 4) is 11.5 Å². The van der Waals surface area contributed by atoms with Crippen molar-refractivity contribution in [3.63, 3.8) is 0 Å². The van der Waals surface area contributed by atoms with E-state index in [0.717, 1.165) is 29.9 Å². The standard InChI is InChI=1S/C19H25NO2.ClH/c1-14(2)8-13-18(21)19(20)15-9-11-17(12-10-15)22-16-6-4-3-5-7-16;/h3-7,9-12,14,18-19,21H,8,13,20H2,1-2H3;1H/t18-,19+;/m1./s1. The lowest BCUT2D eigenvalue weighted by Gasteiger charge is -2.20. The number of aliphatic hydroxyl groups is 1. The number of aliphatic hydroxyl groups excluding tert-OH is 1. The van der Waals surface area contributed by atoms with E-state index in [2.05, 4.69) is 13.8 Å². The summed E-state index contributed by atoms with van der Waals surface area (Å²) in [6, 6.07) is 16.9. The van der Waals surface area contributed by atoms with E-state index in [4.69, 9.17) is 10.5 Å². The van der Waals surface area contributed by atoms with Gasteiger partial charge in [0.2, 0.25) is 0 Å². The fourth-order valence-electron chi connectivity index (χ4n) is 2.29. The van der Waals surface area contributed by atoms with E-state index in [9.17, 15) is 5.11 Å². The summed E-state index contributed by atoms with van der Waals surface area (Å²) in [6.07, 6.45) is 1.19. The fourth-order valence-corrected chi connectivity index (χ4v) is 2.29. The highest BCUT2D eigenvalue weighted by atomic mass is 35.5. The first-order valence-corrected chi connectivity index (χ1v) is 7.83. The Morgan fingerprint density at radius 2 is 1.48 bits per heavy atom. The van der Waals surface area contributed by atoms with Crippen LogP contribution in [-0.2, 0) is 0 Å². The highest BCUT2D eigenvalue weighted by molar-refractivity contribution is 5.85. The molecule has 0 fully saturated rings. The first kappa shape index (κ1) is 19.5. The zero-order valence-corrected chi connectivity index (χ0v) is 14.5. The summed E-state index contributed by atoms with van der Waals surface area (Å²) in [5.41, 5.74) is 7.06. The molecule has 0 amide bonds. The lowest BCUT2D eigenvalue weighted by Crippen LogP contribution is -2.26. The maximum absolute atomic E-state index is 10.2. The highest BCUT2D eigenvalue weighted by Crippen LogP contribution is 2.25. The molecule has 2 atom stereocenters. The largest absolute Gasteiger partial charge is 0.457 e. The molecule has 0 bridgehead atoms. The molecule has 0 aliphatic rings. The van der Waals surface area contributed by atoms with Crippen molar-refractivity contribution in [3.05, 3.63) is 60.2 Å². The molecular formula is C19H26ClNO2. The van der Waals surface area contributed by atoms with Crippen LogP contribution in [0.25, 0.3) is 0 Å². The minimum Gasteiger partial charge on any atom is -0.457 e. The summed E-state index contributed by atoms with van der Waals surface area (Å²) in [6.45, 7) is 4.29. The lowest BCUT2D eigenvalue weighted by molar-refractivity contribution is 0.128. The summed E-state index contributed by atoms with van der Waals surface area (Å²) < 4.78 is 5.75. The van der Waals surface area contributed by atoms with Crippen LogP contribution < -0.4 is 10.5 Å². The number of rotatable bonds is 7. The Labute approximate surface area is 144 Å². The topological polar surface area (TPSA) is 55.5 Å². The minimum atomic E-state index is -0.511. The van der Waals surface area contributed by atoms with Crippen LogP contribution in [0.4, 0.5) is 0 Å². The van der Waals surface area contributed by atoms with Gasteiger partial charge in [-0.1, -0.05) is 44.2 Å². The number of halogens is 1. The van der Waals surface area contributed by atoms with E-state index in [0.29, 0.717) is 5.92 Å². The molecule has 0 aromatic heterocycles. The van der Waals surface area contributed by atoms with Crippen LogP contribution in [-0.4, -0.2) is 11.2 Å². The van der Waals surface area contributed by atoms with Gasteiger partial charge in [0.1, 0.15) is 11.5 Å². The predicted molar refractivity (Wildman–Crippen MR) is 97.2 cm³/mol. The first-order chi connectivity index (χ1) is 10.6. The van der Waals surface area contributed by atoms with Crippen molar-refractivity contribution in [2.45, 2.75) is 38.8 Å². The Bertz CT molecular complexity index is 557. The van der Waals surface area contributed by atoms with Crippen molar-refractivity contribution >= 4 is 12.4 Å². The summed E-state index contributed by atoms with van der Waals surface area (Å²) in [5.74, 6) is 2.14. The number of hydrogen-bond acceptors (Lipinski definition) is 3. The van der Waals surface area contributed by atoms with Gasteiger partial charge in [0.25, 0.3) is 0 Å². The lowest BCUT2D eigenvalue weighted by atomic mass is 9.96. The molecule has 23 heavy (non-hydrogen) atoms. The van der Waals surface area contributed by atoms with Gasteiger partial charge in [-0.15, -0.1) is 12.4 Å². The summed E-state index contributed by atoms with van der Waals surface area (Å²) in [7, 11) is 0. The van der Waals surface area contributed by atoms with Gasteiger partial charge >= 0.3 is 0 Å². The number of ether oxygens (including phenoxy) is 1. The molecule has 0 heterocycles. The quantitative estimate of drug-likeness (QED) is 0.771. The zero-order chi connectivity index (χ0) is 15.9. The molecule has 0 saturated heterocycles. The first-order valence-electron chi connectivity index (χ1n) is 7.83. The molecule has 0 spiro atoms. The minimum absolute atomic E-state index is 0. The van der Waals surface area contributed by atoms with Crippen molar-refractivity contribution in [1.82, 2.24) is 0 Å². The van der Waals surface area contributed by atoms with E-state index in [1.54, 1.807) is 0 Å². The second kappa shape index (κ2) is 9.56. The fraction of sp³-hybridized carbons (Fsp3) is 0.368. The third-order valence-electron chi connectivity index (χ3n) is 3.70. The van der Waals surface area contributed by atoms with Gasteiger partial charge < -0.3 is 15.6 Å². The Morgan fingerprint density at radius 1 is 0.913 bits per heavy atom. The van der Waals surface area contributed by atoms with Crippen LogP contribution in [0.3, 0.4) is 0 Å². The average molecular weight is 336 g/mol. The van der Waals surface area contributed by atoms with Crippen molar-refractivity contribution in [2.75, 3.05) is 0 Å². The Kier molecular flexibility index (Phi) is 8.10. The van der Waals surface area contributed by atoms with Gasteiger partial charge in [0.15, 0.2) is 0 Å². The third kappa shape index (κ3) is 6.22. The summed E-state index contributed by atoms with van der Waals surface area (Å²) >= 11 is 0. The van der Waals surface area contributed by atoms with Crippen LogP contribution in [0, 0.1) is 5.92 Å². The van der Waals surface area contributed by atoms with E-state index in [-0.39, 0.29) is 18.4 Å². The maximum atomic E-state index is 10.2. The van der Waals surface area contributed by atoms with Crippen LogP contribution >= 0.6 is 12.4 Å². The third-order valence-corrected chi connectivity index (χ3v) is 3.70. The van der Waals surface area contributed by atoms with Crippen molar-refractivity contribution in [2.24, 2.45) is 11.7 Å². The molecule has 0 radical (unpaired) electrons. The Hall–Kier alpha value is -1.55. The van der Waals surface area contributed by atoms with Crippen LogP contribution in [0.2, 0.25) is 0 Å². The molecule has 3 N–H and O–H groups in total. The van der Waals surface area contributed by atoms with Crippen molar-refractivity contribution < 1.29 is 9.84 Å². The molecule has 0 unspecified atom stereocenters. The molecule has 0 saturated carbocycles. The number of para-hydroxylation sites is 1. The molecule has 2 aromatic rings. The van der Waals surface area contributed by atoms with E-state index in [1.165, 1.54) is 0 Å². The van der Waals surface area contributed by atoms with E-state index < -0.39 is 6.10 Å². The van der Waals surface area contributed by atoms with Gasteiger partial charge in [0, 0.05) is 0 Å². The molecule has 4 heteroatoms. The highest BCUT2D eigenvalue weighted by Gasteiger charge is 2.17. The molecule has 126 valence electrons. The SMILES string of the molecule is CC(C)CC[C@@H](O)[C@@H](N)c1ccc(Oc2ccccc2)cc1.Cl. The number of hydrogen-bond donors (Lipinski definition) is 2. The van der Waals surface area contributed by atoms with Gasteiger partial charge in [-0.3, -0.25) is 0 Å². The second-order valence-electron chi connectivity index (χ2n) is 6.05. The summed E-state index contributed by atoms with van der Waals surface area (Å²) in [4.78, 5) is 0. The Morgan fingerprint density at radius 3 is 2.04 bits per heavy atom. The molecular weight excluding hydrogens is 310 g/mol. The van der Waals surface area contributed by atoms with E-state index in [1.807, 2.05) is 54.6 Å². The number of nitrogens with two attached hydrogens (primary N) is 1. The monoisotopic (exact) mass is 335 g/mol. The second-order valence-corrected chi connectivity index (χ2v) is 6.05. The zero-order valence-electron chi connectivity index (χ0n) is 13.7. The molecule has 0 aliphatic heterocycles. The molecule has 2 aromatic carbocycles. The normalized spacial score (nSPS) is 13.3. The Balaban J connectivity index is 0.00000264. The van der Waals surface area contributed by atoms with Gasteiger partial charge in [0.05, 0.1) is 12.1 Å². The molecule has 3 nitrogen and oxygen atoms in total. The average Bonchev–Trinajstić information content (AvgIpc) is 2.53. The van der Waals surface area contributed by atoms with Gasteiger partial charge in [-0.2, -0.15) is 0 Å². The smallest absolute Gasteiger partial charge is 0.127 e. The van der Waals surface area contributed by atoms with Crippen molar-refractivity contribution in [1.29, 1.82) is 0 Å². The predicted octanol–water partition coefficient (Wildman–Crippen LogP) is 4.70. The van der Waals surface area contributed by atoms with Gasteiger partial charge in [-0.05, 0) is 48.6 Å². The van der Waals surface area contributed by atoms with Crippen LogP contribution in [0.1, 0.15) is 38.3 Å². The van der Waals surface area contributed by atoms with Crippen LogP contribution in [0.5, 0.6) is 11.5 Å². The molecule has 2 rings (SSSR count). The number of benzene rings is 2. The van der Waals surface area contributed by atoms with Gasteiger partial charge in [-0.25, -0.2) is 0 Å². The maximum Gasteiger partial charge on any atom is 0.127 e. The summed E-state index contributed by atoms with van der Waals surface area (Å²) in [5, 5.41) is 10.2. The van der Waals surface area contributed by atoms with Crippen LogP contribution in [0.15, 0.2) is 54.6 Å². The molecule has 0 aliphatic carbocycles. The van der Waals surface area contributed by atoms with E-state index >= 15 is 0 Å².